The maximum Gasteiger partial charge on any atom is 0.227 e. The number of nitrogens with two attached hydrogens (primary N) is 1. The highest BCUT2D eigenvalue weighted by molar-refractivity contribution is 5.81. The minimum atomic E-state index is 0.116. The van der Waals surface area contributed by atoms with Crippen molar-refractivity contribution in [1.82, 2.24) is 9.47 Å². The smallest absolute Gasteiger partial charge is 0.227 e. The molecule has 1 unspecified atom stereocenters. The number of nitrogen functional groups attached to an aromatic ring is 1. The summed E-state index contributed by atoms with van der Waals surface area (Å²) in [6, 6.07) is 11.9. The van der Waals surface area contributed by atoms with Crippen molar-refractivity contribution < 1.29 is 4.79 Å². The van der Waals surface area contributed by atoms with Gasteiger partial charge in [0.15, 0.2) is 0 Å². The van der Waals surface area contributed by atoms with Crippen molar-refractivity contribution in [3.05, 3.63) is 53.3 Å². The molecule has 0 saturated heterocycles. The van der Waals surface area contributed by atoms with Crippen LogP contribution in [0.3, 0.4) is 0 Å². The van der Waals surface area contributed by atoms with E-state index in [9.17, 15) is 4.79 Å². The van der Waals surface area contributed by atoms with Crippen LogP contribution in [0, 0.1) is 6.92 Å². The molecule has 110 valence electrons. The summed E-state index contributed by atoms with van der Waals surface area (Å²) in [5.74, 6) is 0.144. The van der Waals surface area contributed by atoms with Crippen LogP contribution in [-0.4, -0.2) is 21.9 Å². The number of rotatable bonds is 2. The third kappa shape index (κ3) is 2.42. The number of carbonyl (C=O) groups is 1. The lowest BCUT2D eigenvalue weighted by Crippen LogP contribution is -2.41. The standard InChI is InChI=1S/C17H21N3O/c1-12-7-8-16-13(2)20(10-9-19(12)16)17(21)11-14-5-3-4-6-15(14)18/h3-8,13H,9-11,18H2,1-2H3. The number of benzene rings is 1. The van der Waals surface area contributed by atoms with Crippen LogP contribution >= 0.6 is 0 Å². The van der Waals surface area contributed by atoms with Gasteiger partial charge in [-0.25, -0.2) is 0 Å². The van der Waals surface area contributed by atoms with E-state index in [1.54, 1.807) is 0 Å². The summed E-state index contributed by atoms with van der Waals surface area (Å²) in [6.07, 6.45) is 0.372. The van der Waals surface area contributed by atoms with Crippen molar-refractivity contribution in [2.24, 2.45) is 0 Å². The van der Waals surface area contributed by atoms with Gasteiger partial charge >= 0.3 is 0 Å². The fraction of sp³-hybridized carbons (Fsp3) is 0.353. The summed E-state index contributed by atoms with van der Waals surface area (Å²) in [5.41, 5.74) is 10.0. The monoisotopic (exact) mass is 283 g/mol. The Morgan fingerprint density at radius 3 is 2.76 bits per heavy atom. The van der Waals surface area contributed by atoms with E-state index < -0.39 is 0 Å². The van der Waals surface area contributed by atoms with E-state index in [4.69, 9.17) is 5.73 Å². The first-order valence-electron chi connectivity index (χ1n) is 7.37. The molecule has 4 nitrogen and oxygen atoms in total. The fourth-order valence-corrected chi connectivity index (χ4v) is 3.12. The Morgan fingerprint density at radius 1 is 1.24 bits per heavy atom. The van der Waals surface area contributed by atoms with Gasteiger partial charge in [0.05, 0.1) is 12.5 Å². The molecule has 0 bridgehead atoms. The first kappa shape index (κ1) is 13.7. The zero-order chi connectivity index (χ0) is 15.0. The quantitative estimate of drug-likeness (QED) is 0.861. The normalized spacial score (nSPS) is 17.6. The molecule has 1 aromatic carbocycles. The van der Waals surface area contributed by atoms with Gasteiger partial charge < -0.3 is 15.2 Å². The Hall–Kier alpha value is -2.23. The lowest BCUT2D eigenvalue weighted by molar-refractivity contribution is -0.133. The summed E-state index contributed by atoms with van der Waals surface area (Å²) in [5, 5.41) is 0. The lowest BCUT2D eigenvalue weighted by Gasteiger charge is -2.35. The van der Waals surface area contributed by atoms with Gasteiger partial charge in [0.2, 0.25) is 5.91 Å². The van der Waals surface area contributed by atoms with E-state index in [2.05, 4.69) is 30.5 Å². The van der Waals surface area contributed by atoms with E-state index in [1.807, 2.05) is 29.2 Å². The van der Waals surface area contributed by atoms with Crippen molar-refractivity contribution in [1.29, 1.82) is 0 Å². The molecule has 2 aromatic rings. The zero-order valence-electron chi connectivity index (χ0n) is 12.5. The average Bonchev–Trinajstić information content (AvgIpc) is 2.84. The summed E-state index contributed by atoms with van der Waals surface area (Å²) >= 11 is 0. The van der Waals surface area contributed by atoms with Crippen LogP contribution in [0.15, 0.2) is 36.4 Å². The van der Waals surface area contributed by atoms with E-state index in [-0.39, 0.29) is 11.9 Å². The highest BCUT2D eigenvalue weighted by Crippen LogP contribution is 2.28. The summed E-state index contributed by atoms with van der Waals surface area (Å²) in [6.45, 7) is 5.83. The third-order valence-corrected chi connectivity index (χ3v) is 4.41. The van der Waals surface area contributed by atoms with Crippen LogP contribution in [0.2, 0.25) is 0 Å². The number of aryl methyl sites for hydroxylation is 1. The van der Waals surface area contributed by atoms with Gasteiger partial charge in [-0.2, -0.15) is 0 Å². The van der Waals surface area contributed by atoms with Crippen LogP contribution in [0.1, 0.15) is 29.9 Å². The molecule has 0 aliphatic carbocycles. The zero-order valence-corrected chi connectivity index (χ0v) is 12.5. The van der Waals surface area contributed by atoms with Crippen molar-refractivity contribution in [3.8, 4) is 0 Å². The van der Waals surface area contributed by atoms with Crippen LogP contribution in [-0.2, 0) is 17.8 Å². The Labute approximate surface area is 125 Å². The van der Waals surface area contributed by atoms with E-state index >= 15 is 0 Å². The SMILES string of the molecule is Cc1ccc2n1CCN(C(=O)Cc1ccccc1N)C2C. The van der Waals surface area contributed by atoms with E-state index in [1.165, 1.54) is 11.4 Å². The molecule has 3 rings (SSSR count). The number of aromatic nitrogens is 1. The molecular formula is C17H21N3O. The summed E-state index contributed by atoms with van der Waals surface area (Å²) in [4.78, 5) is 14.6. The number of hydrogen-bond acceptors (Lipinski definition) is 2. The molecule has 2 N–H and O–H groups in total. The Kier molecular flexibility index (Phi) is 3.45. The van der Waals surface area contributed by atoms with Crippen molar-refractivity contribution >= 4 is 11.6 Å². The van der Waals surface area contributed by atoms with E-state index in [0.717, 1.165) is 18.7 Å². The number of anilines is 1. The van der Waals surface area contributed by atoms with Crippen LogP contribution in [0.4, 0.5) is 5.69 Å². The van der Waals surface area contributed by atoms with Gasteiger partial charge in [0, 0.05) is 30.2 Å². The second-order valence-electron chi connectivity index (χ2n) is 5.69. The van der Waals surface area contributed by atoms with Gasteiger partial charge in [-0.15, -0.1) is 0 Å². The van der Waals surface area contributed by atoms with Gasteiger partial charge in [-0.1, -0.05) is 18.2 Å². The predicted octanol–water partition coefficient (Wildman–Crippen LogP) is 2.52. The number of fused-ring (bicyclic) bond motifs is 1. The molecule has 0 radical (unpaired) electrons. The maximum atomic E-state index is 12.6. The topological polar surface area (TPSA) is 51.3 Å². The molecule has 21 heavy (non-hydrogen) atoms. The molecule has 4 heteroatoms. The maximum absolute atomic E-state index is 12.6. The summed E-state index contributed by atoms with van der Waals surface area (Å²) in [7, 11) is 0. The lowest BCUT2D eigenvalue weighted by atomic mass is 10.1. The number of amides is 1. The van der Waals surface area contributed by atoms with Gasteiger partial charge in [0.25, 0.3) is 0 Å². The molecule has 2 heterocycles. The van der Waals surface area contributed by atoms with Crippen LogP contribution < -0.4 is 5.73 Å². The minimum absolute atomic E-state index is 0.116. The largest absolute Gasteiger partial charge is 0.398 e. The molecule has 1 aliphatic heterocycles. The highest BCUT2D eigenvalue weighted by Gasteiger charge is 2.28. The molecule has 1 amide bonds. The molecular weight excluding hydrogens is 262 g/mol. The van der Waals surface area contributed by atoms with Gasteiger partial charge in [-0.05, 0) is 37.6 Å². The number of hydrogen-bond donors (Lipinski definition) is 1. The molecule has 0 spiro atoms. The van der Waals surface area contributed by atoms with Crippen molar-refractivity contribution in [2.45, 2.75) is 32.9 Å². The molecule has 1 atom stereocenters. The average molecular weight is 283 g/mol. The molecule has 1 aliphatic rings. The fourth-order valence-electron chi connectivity index (χ4n) is 3.12. The molecule has 0 saturated carbocycles. The van der Waals surface area contributed by atoms with Gasteiger partial charge in [0.1, 0.15) is 0 Å². The summed E-state index contributed by atoms with van der Waals surface area (Å²) < 4.78 is 2.30. The Bertz CT molecular complexity index is 674. The van der Waals surface area contributed by atoms with Crippen LogP contribution in [0.25, 0.3) is 0 Å². The second kappa shape index (κ2) is 5.28. The molecule has 0 fully saturated rings. The number of carbonyl (C=O) groups excluding carboxylic acids is 1. The first-order valence-corrected chi connectivity index (χ1v) is 7.37. The first-order chi connectivity index (χ1) is 10.1. The number of para-hydroxylation sites is 1. The van der Waals surface area contributed by atoms with E-state index in [0.29, 0.717) is 12.1 Å². The highest BCUT2D eigenvalue weighted by atomic mass is 16.2. The Balaban J connectivity index is 1.79. The molecule has 1 aromatic heterocycles. The van der Waals surface area contributed by atoms with Gasteiger partial charge in [-0.3, -0.25) is 4.79 Å². The minimum Gasteiger partial charge on any atom is -0.398 e. The predicted molar refractivity (Wildman–Crippen MR) is 83.9 cm³/mol. The van der Waals surface area contributed by atoms with Crippen LogP contribution in [0.5, 0.6) is 0 Å². The third-order valence-electron chi connectivity index (χ3n) is 4.41. The number of nitrogens with zero attached hydrogens (tertiary/aromatic N) is 2. The second-order valence-corrected chi connectivity index (χ2v) is 5.69. The van der Waals surface area contributed by atoms with Crippen molar-refractivity contribution in [3.63, 3.8) is 0 Å². The Morgan fingerprint density at radius 2 is 2.00 bits per heavy atom. The van der Waals surface area contributed by atoms with Crippen molar-refractivity contribution in [2.75, 3.05) is 12.3 Å².